The monoisotopic (exact) mass is 386 g/mol. The molecule has 0 radical (unpaired) electrons. The molecule has 152 valence electrons. The summed E-state index contributed by atoms with van der Waals surface area (Å²) in [6, 6.07) is 7.21. The van der Waals surface area contributed by atoms with Crippen molar-refractivity contribution in [1.82, 2.24) is 9.80 Å². The van der Waals surface area contributed by atoms with E-state index in [-0.39, 0.29) is 17.8 Å². The van der Waals surface area contributed by atoms with E-state index >= 15 is 0 Å². The van der Waals surface area contributed by atoms with Crippen LogP contribution in [0.3, 0.4) is 0 Å². The lowest BCUT2D eigenvalue weighted by atomic mass is 9.91. The Balaban J connectivity index is 1.21. The smallest absolute Gasteiger partial charge is 0.226 e. The van der Waals surface area contributed by atoms with Crippen LogP contribution in [0.1, 0.15) is 44.9 Å². The summed E-state index contributed by atoms with van der Waals surface area (Å²) < 4.78 is 19.7. The van der Waals surface area contributed by atoms with Gasteiger partial charge < -0.3 is 9.64 Å². The van der Waals surface area contributed by atoms with Crippen LogP contribution in [0.4, 0.5) is 4.39 Å². The number of carbonyl (C=O) groups excluding carboxylic acids is 1. The van der Waals surface area contributed by atoms with E-state index in [0.29, 0.717) is 17.7 Å². The lowest BCUT2D eigenvalue weighted by molar-refractivity contribution is -0.137. The average Bonchev–Trinajstić information content (AvgIpc) is 2.76. The number of hydrogen-bond acceptors (Lipinski definition) is 3. The highest BCUT2D eigenvalue weighted by Crippen LogP contribution is 2.27. The number of carbonyl (C=O) groups is 1. The molecular formula is C23H31FN2O2. The molecule has 0 aromatic heterocycles. The first-order chi connectivity index (χ1) is 13.7. The van der Waals surface area contributed by atoms with Crippen LogP contribution in [-0.4, -0.2) is 54.0 Å². The largest absolute Gasteiger partial charge is 0.487 e. The molecule has 1 atom stereocenters. The maximum atomic E-state index is 13.8. The van der Waals surface area contributed by atoms with Crippen molar-refractivity contribution in [2.24, 2.45) is 5.92 Å². The maximum Gasteiger partial charge on any atom is 0.226 e. The topological polar surface area (TPSA) is 32.8 Å². The minimum absolute atomic E-state index is 0.0918. The van der Waals surface area contributed by atoms with Crippen LogP contribution in [0.15, 0.2) is 36.4 Å². The number of nitrogens with zero attached hydrogens (tertiary/aromatic N) is 2. The van der Waals surface area contributed by atoms with Gasteiger partial charge in [0.25, 0.3) is 0 Å². The minimum atomic E-state index is -0.282. The van der Waals surface area contributed by atoms with Crippen molar-refractivity contribution in [1.29, 1.82) is 0 Å². The number of para-hydroxylation sites is 1. The molecule has 1 aliphatic carbocycles. The molecule has 2 fully saturated rings. The van der Waals surface area contributed by atoms with E-state index in [9.17, 15) is 9.18 Å². The molecule has 0 N–H and O–H groups in total. The van der Waals surface area contributed by atoms with E-state index in [2.05, 4.69) is 22.0 Å². The lowest BCUT2D eigenvalue weighted by Gasteiger charge is -2.42. The normalized spacial score (nSPS) is 25.0. The maximum absolute atomic E-state index is 13.8. The summed E-state index contributed by atoms with van der Waals surface area (Å²) in [7, 11) is 0. The molecule has 2 saturated heterocycles. The van der Waals surface area contributed by atoms with E-state index in [1.165, 1.54) is 6.07 Å². The molecule has 5 heteroatoms. The van der Waals surface area contributed by atoms with Crippen LogP contribution in [0.5, 0.6) is 5.75 Å². The highest BCUT2D eigenvalue weighted by atomic mass is 19.1. The van der Waals surface area contributed by atoms with E-state index in [0.717, 1.165) is 71.1 Å². The van der Waals surface area contributed by atoms with Gasteiger partial charge in [0.1, 0.15) is 6.10 Å². The molecule has 4 rings (SSSR count). The van der Waals surface area contributed by atoms with Crippen molar-refractivity contribution in [2.75, 3.05) is 26.2 Å². The van der Waals surface area contributed by atoms with Gasteiger partial charge in [-0.25, -0.2) is 4.39 Å². The molecule has 0 spiro atoms. The zero-order valence-electron chi connectivity index (χ0n) is 16.6. The number of hydrogen-bond donors (Lipinski definition) is 0. The third-order valence-corrected chi connectivity index (χ3v) is 6.52. The van der Waals surface area contributed by atoms with Crippen LogP contribution in [0, 0.1) is 11.7 Å². The molecule has 1 amide bonds. The Morgan fingerprint density at radius 2 is 1.71 bits per heavy atom. The van der Waals surface area contributed by atoms with E-state index in [4.69, 9.17) is 4.74 Å². The van der Waals surface area contributed by atoms with Gasteiger partial charge >= 0.3 is 0 Å². The Hall–Kier alpha value is -1.88. The third kappa shape index (κ3) is 4.57. The third-order valence-electron chi connectivity index (χ3n) is 6.52. The Morgan fingerprint density at radius 3 is 2.39 bits per heavy atom. The van der Waals surface area contributed by atoms with Gasteiger partial charge in [-0.2, -0.15) is 0 Å². The first-order valence-electron chi connectivity index (χ1n) is 10.8. The standard InChI is InChI=1S/C23H31FN2O2/c24-21-8-4-5-9-22(21)28-20-12-16-25(17-13-20)19-10-14-26(15-11-19)23(27)18-6-2-1-3-7-18/h1-2,4-5,8-9,18-20H,3,6-7,10-17H2/t18-/m1/s1. The van der Waals surface area contributed by atoms with Gasteiger partial charge in [-0.15, -0.1) is 0 Å². The van der Waals surface area contributed by atoms with Gasteiger partial charge in [0, 0.05) is 38.1 Å². The first-order valence-corrected chi connectivity index (χ1v) is 10.8. The summed E-state index contributed by atoms with van der Waals surface area (Å²) in [5.41, 5.74) is 0. The van der Waals surface area contributed by atoms with Gasteiger partial charge in [0.2, 0.25) is 5.91 Å². The SMILES string of the molecule is O=C([C@@H]1CC=CCC1)N1CCC(N2CCC(Oc3ccccc3F)CC2)CC1. The number of piperidine rings is 2. The molecule has 0 bridgehead atoms. The number of rotatable bonds is 4. The number of allylic oxidation sites excluding steroid dienone is 2. The molecule has 2 heterocycles. The number of likely N-dealkylation sites (tertiary alicyclic amines) is 2. The highest BCUT2D eigenvalue weighted by molar-refractivity contribution is 5.79. The number of ether oxygens (including phenoxy) is 1. The summed E-state index contributed by atoms with van der Waals surface area (Å²) in [5, 5.41) is 0. The van der Waals surface area contributed by atoms with Crippen molar-refractivity contribution < 1.29 is 13.9 Å². The Labute approximate surface area is 167 Å². The van der Waals surface area contributed by atoms with Gasteiger partial charge in [-0.1, -0.05) is 24.3 Å². The quantitative estimate of drug-likeness (QED) is 0.733. The van der Waals surface area contributed by atoms with E-state index < -0.39 is 0 Å². The molecule has 1 aromatic carbocycles. The van der Waals surface area contributed by atoms with Gasteiger partial charge in [0.05, 0.1) is 0 Å². The highest BCUT2D eigenvalue weighted by Gasteiger charge is 2.32. The van der Waals surface area contributed by atoms with Crippen molar-refractivity contribution in [2.45, 2.75) is 57.1 Å². The summed E-state index contributed by atoms with van der Waals surface area (Å²) in [6.07, 6.45) is 11.4. The molecule has 3 aliphatic rings. The second-order valence-electron chi connectivity index (χ2n) is 8.32. The van der Waals surface area contributed by atoms with E-state index in [1.807, 2.05) is 6.07 Å². The fourth-order valence-electron chi connectivity index (χ4n) is 4.81. The molecule has 1 aromatic rings. The predicted octanol–water partition coefficient (Wildman–Crippen LogP) is 4.02. The van der Waals surface area contributed by atoms with Crippen LogP contribution in [0.25, 0.3) is 0 Å². The zero-order chi connectivity index (χ0) is 19.3. The molecule has 0 saturated carbocycles. The number of amides is 1. The number of benzene rings is 1. The second kappa shape index (κ2) is 9.08. The summed E-state index contributed by atoms with van der Waals surface area (Å²) in [6.45, 7) is 3.75. The van der Waals surface area contributed by atoms with Crippen molar-refractivity contribution in [3.05, 3.63) is 42.2 Å². The van der Waals surface area contributed by atoms with Crippen LogP contribution in [-0.2, 0) is 4.79 Å². The molecule has 2 aliphatic heterocycles. The van der Waals surface area contributed by atoms with Crippen LogP contribution in [0.2, 0.25) is 0 Å². The summed E-state index contributed by atoms with van der Waals surface area (Å²) in [5.74, 6) is 0.647. The lowest BCUT2D eigenvalue weighted by Crippen LogP contribution is -2.51. The van der Waals surface area contributed by atoms with Crippen LogP contribution < -0.4 is 4.74 Å². The molecule has 0 unspecified atom stereocenters. The molecule has 28 heavy (non-hydrogen) atoms. The fraction of sp³-hybridized carbons (Fsp3) is 0.609. The second-order valence-corrected chi connectivity index (χ2v) is 8.32. The Kier molecular flexibility index (Phi) is 6.30. The Bertz CT molecular complexity index is 692. The molecular weight excluding hydrogens is 355 g/mol. The van der Waals surface area contributed by atoms with E-state index in [1.54, 1.807) is 12.1 Å². The fourth-order valence-corrected chi connectivity index (χ4v) is 4.81. The zero-order valence-corrected chi connectivity index (χ0v) is 16.6. The minimum Gasteiger partial charge on any atom is -0.487 e. The Morgan fingerprint density at radius 1 is 0.964 bits per heavy atom. The van der Waals surface area contributed by atoms with Gasteiger partial charge in [0.15, 0.2) is 11.6 Å². The van der Waals surface area contributed by atoms with Crippen molar-refractivity contribution in [3.8, 4) is 5.75 Å². The summed E-state index contributed by atoms with van der Waals surface area (Å²) in [4.78, 5) is 17.4. The molecule has 4 nitrogen and oxygen atoms in total. The predicted molar refractivity (Wildman–Crippen MR) is 108 cm³/mol. The summed E-state index contributed by atoms with van der Waals surface area (Å²) >= 11 is 0. The van der Waals surface area contributed by atoms with Gasteiger partial charge in [-0.3, -0.25) is 9.69 Å². The van der Waals surface area contributed by atoms with Gasteiger partial charge in [-0.05, 0) is 57.1 Å². The van der Waals surface area contributed by atoms with Crippen molar-refractivity contribution in [3.63, 3.8) is 0 Å². The van der Waals surface area contributed by atoms with Crippen molar-refractivity contribution >= 4 is 5.91 Å². The first kappa shape index (κ1) is 19.4. The number of halogens is 1. The average molecular weight is 387 g/mol. The van der Waals surface area contributed by atoms with Crippen LogP contribution >= 0.6 is 0 Å².